The molecule has 1 aromatic rings. The molecule has 1 saturated heterocycles. The zero-order valence-corrected chi connectivity index (χ0v) is 11.6. The summed E-state index contributed by atoms with van der Waals surface area (Å²) in [4.78, 5) is 12.2. The topological polar surface area (TPSA) is 55.1 Å². The summed E-state index contributed by atoms with van der Waals surface area (Å²) in [6.07, 6.45) is 2.11. The van der Waals surface area contributed by atoms with Crippen LogP contribution in [0, 0.1) is 0 Å². The first-order valence-electron chi connectivity index (χ1n) is 6.35. The van der Waals surface area contributed by atoms with Crippen molar-refractivity contribution in [2.24, 2.45) is 5.73 Å². The maximum atomic E-state index is 12.2. The van der Waals surface area contributed by atoms with Gasteiger partial charge in [-0.15, -0.1) is 11.8 Å². The number of amides is 1. The molecule has 1 aromatic carbocycles. The minimum atomic E-state index is -0.238. The molecule has 4 heteroatoms. The highest BCUT2D eigenvalue weighted by molar-refractivity contribution is 8.01. The van der Waals surface area contributed by atoms with Crippen LogP contribution >= 0.6 is 11.8 Å². The Morgan fingerprint density at radius 1 is 1.44 bits per heavy atom. The van der Waals surface area contributed by atoms with Crippen molar-refractivity contribution in [3.05, 3.63) is 35.4 Å². The standard InChI is InChI=1S/C14H20N2OS/c1-14(7-4-8-18-14)13(17)16-10-12-6-3-2-5-11(12)9-15/h2-3,5-6H,4,7-10,15H2,1H3,(H,16,17). The quantitative estimate of drug-likeness (QED) is 0.875. The zero-order valence-electron chi connectivity index (χ0n) is 10.7. The van der Waals surface area contributed by atoms with Gasteiger partial charge in [0.2, 0.25) is 5.91 Å². The van der Waals surface area contributed by atoms with Gasteiger partial charge in [0.15, 0.2) is 0 Å². The van der Waals surface area contributed by atoms with Crippen LogP contribution in [0.25, 0.3) is 0 Å². The van der Waals surface area contributed by atoms with Crippen molar-refractivity contribution in [1.82, 2.24) is 5.32 Å². The van der Waals surface area contributed by atoms with E-state index in [1.165, 1.54) is 0 Å². The maximum Gasteiger partial charge on any atom is 0.236 e. The molecule has 1 unspecified atom stereocenters. The number of rotatable bonds is 4. The summed E-state index contributed by atoms with van der Waals surface area (Å²) >= 11 is 1.76. The molecule has 1 aliphatic rings. The molecule has 1 aliphatic heterocycles. The second kappa shape index (κ2) is 5.76. The summed E-state index contributed by atoms with van der Waals surface area (Å²) in [5, 5.41) is 3.04. The zero-order chi connectivity index (χ0) is 13.0. The van der Waals surface area contributed by atoms with Crippen molar-refractivity contribution >= 4 is 17.7 Å². The van der Waals surface area contributed by atoms with Crippen molar-refractivity contribution in [3.8, 4) is 0 Å². The molecule has 0 radical (unpaired) electrons. The van der Waals surface area contributed by atoms with E-state index in [1.54, 1.807) is 11.8 Å². The molecule has 0 saturated carbocycles. The lowest BCUT2D eigenvalue weighted by Gasteiger charge is -2.21. The minimum absolute atomic E-state index is 0.150. The van der Waals surface area contributed by atoms with E-state index < -0.39 is 0 Å². The number of hydrogen-bond acceptors (Lipinski definition) is 3. The predicted molar refractivity (Wildman–Crippen MR) is 76.3 cm³/mol. The Morgan fingerprint density at radius 2 is 2.17 bits per heavy atom. The molecule has 0 aromatic heterocycles. The fraction of sp³-hybridized carbons (Fsp3) is 0.500. The number of nitrogens with one attached hydrogen (secondary N) is 1. The van der Waals surface area contributed by atoms with Crippen LogP contribution in [-0.4, -0.2) is 16.4 Å². The lowest BCUT2D eigenvalue weighted by molar-refractivity contribution is -0.123. The third-order valence-corrected chi connectivity index (χ3v) is 5.00. The highest BCUT2D eigenvalue weighted by Gasteiger charge is 2.36. The van der Waals surface area contributed by atoms with E-state index in [0.29, 0.717) is 13.1 Å². The van der Waals surface area contributed by atoms with Gasteiger partial charge in [0.1, 0.15) is 0 Å². The van der Waals surface area contributed by atoms with Crippen LogP contribution in [-0.2, 0) is 17.9 Å². The lowest BCUT2D eigenvalue weighted by Crippen LogP contribution is -2.40. The summed E-state index contributed by atoms with van der Waals surface area (Å²) < 4.78 is -0.238. The molecule has 1 atom stereocenters. The van der Waals surface area contributed by atoms with Gasteiger partial charge in [-0.05, 0) is 36.6 Å². The first-order chi connectivity index (χ1) is 8.65. The average molecular weight is 264 g/mol. The molecule has 1 heterocycles. The van der Waals surface area contributed by atoms with Crippen LogP contribution in [0.1, 0.15) is 30.9 Å². The Kier molecular flexibility index (Phi) is 4.30. The Hall–Kier alpha value is -1.00. The third-order valence-electron chi connectivity index (χ3n) is 3.48. The van der Waals surface area contributed by atoms with E-state index in [9.17, 15) is 4.79 Å². The first kappa shape index (κ1) is 13.4. The van der Waals surface area contributed by atoms with Crippen molar-refractivity contribution in [2.75, 3.05) is 5.75 Å². The van der Waals surface area contributed by atoms with Crippen molar-refractivity contribution < 1.29 is 4.79 Å². The molecule has 0 spiro atoms. The van der Waals surface area contributed by atoms with Gasteiger partial charge in [-0.25, -0.2) is 0 Å². The van der Waals surface area contributed by atoms with E-state index in [1.807, 2.05) is 31.2 Å². The van der Waals surface area contributed by atoms with Crippen LogP contribution in [0.15, 0.2) is 24.3 Å². The van der Waals surface area contributed by atoms with Crippen molar-refractivity contribution in [2.45, 2.75) is 37.6 Å². The van der Waals surface area contributed by atoms with Crippen LogP contribution in [0.3, 0.4) is 0 Å². The summed E-state index contributed by atoms with van der Waals surface area (Å²) in [6.45, 7) is 3.12. The fourth-order valence-electron chi connectivity index (χ4n) is 2.25. The molecular weight excluding hydrogens is 244 g/mol. The molecule has 1 amide bonds. The van der Waals surface area contributed by atoms with Gasteiger partial charge in [0, 0.05) is 13.1 Å². The molecule has 1 fully saturated rings. The Balaban J connectivity index is 1.97. The molecule has 2 rings (SSSR count). The number of carbonyl (C=O) groups excluding carboxylic acids is 1. The van der Waals surface area contributed by atoms with E-state index in [2.05, 4.69) is 5.32 Å². The Morgan fingerprint density at radius 3 is 2.78 bits per heavy atom. The van der Waals surface area contributed by atoms with Crippen LogP contribution in [0.5, 0.6) is 0 Å². The Bertz CT molecular complexity index is 428. The third kappa shape index (κ3) is 2.87. The van der Waals surface area contributed by atoms with Crippen LogP contribution < -0.4 is 11.1 Å². The summed E-state index contributed by atoms with van der Waals surface area (Å²) in [5.41, 5.74) is 7.90. The molecule has 18 heavy (non-hydrogen) atoms. The average Bonchev–Trinajstić information content (AvgIpc) is 2.84. The van der Waals surface area contributed by atoms with Gasteiger partial charge in [-0.2, -0.15) is 0 Å². The maximum absolute atomic E-state index is 12.2. The highest BCUT2D eigenvalue weighted by atomic mass is 32.2. The fourth-order valence-corrected chi connectivity index (χ4v) is 3.48. The van der Waals surface area contributed by atoms with E-state index in [0.717, 1.165) is 29.7 Å². The Labute approximate surface area is 113 Å². The first-order valence-corrected chi connectivity index (χ1v) is 7.33. The summed E-state index contributed by atoms with van der Waals surface area (Å²) in [6, 6.07) is 7.98. The normalized spacial score (nSPS) is 23.0. The van der Waals surface area contributed by atoms with Gasteiger partial charge >= 0.3 is 0 Å². The van der Waals surface area contributed by atoms with Crippen molar-refractivity contribution in [1.29, 1.82) is 0 Å². The van der Waals surface area contributed by atoms with E-state index in [4.69, 9.17) is 5.73 Å². The van der Waals surface area contributed by atoms with Gasteiger partial charge < -0.3 is 11.1 Å². The molecule has 0 bridgehead atoms. The molecule has 3 nitrogen and oxygen atoms in total. The SMILES string of the molecule is CC1(C(=O)NCc2ccccc2CN)CCCS1. The molecular formula is C14H20N2OS. The second-order valence-electron chi connectivity index (χ2n) is 4.84. The highest BCUT2D eigenvalue weighted by Crippen LogP contribution is 2.37. The van der Waals surface area contributed by atoms with Crippen LogP contribution in [0.4, 0.5) is 0 Å². The summed E-state index contributed by atoms with van der Waals surface area (Å²) in [5.74, 6) is 1.24. The largest absolute Gasteiger partial charge is 0.351 e. The molecule has 3 N–H and O–H groups in total. The summed E-state index contributed by atoms with van der Waals surface area (Å²) in [7, 11) is 0. The van der Waals surface area contributed by atoms with Crippen molar-refractivity contribution in [3.63, 3.8) is 0 Å². The molecule has 98 valence electrons. The van der Waals surface area contributed by atoms with Gasteiger partial charge in [0.25, 0.3) is 0 Å². The van der Waals surface area contributed by atoms with E-state index >= 15 is 0 Å². The molecule has 0 aliphatic carbocycles. The smallest absolute Gasteiger partial charge is 0.236 e. The number of nitrogens with two attached hydrogens (primary N) is 1. The number of carbonyl (C=O) groups is 1. The van der Waals surface area contributed by atoms with Crippen LogP contribution in [0.2, 0.25) is 0 Å². The van der Waals surface area contributed by atoms with Gasteiger partial charge in [0.05, 0.1) is 4.75 Å². The monoisotopic (exact) mass is 264 g/mol. The second-order valence-corrected chi connectivity index (χ2v) is 6.44. The number of hydrogen-bond donors (Lipinski definition) is 2. The van der Waals surface area contributed by atoms with E-state index in [-0.39, 0.29) is 10.7 Å². The van der Waals surface area contributed by atoms with Gasteiger partial charge in [-0.3, -0.25) is 4.79 Å². The van der Waals surface area contributed by atoms with Gasteiger partial charge in [-0.1, -0.05) is 24.3 Å². The number of benzene rings is 1. The minimum Gasteiger partial charge on any atom is -0.351 e. The number of thioether (sulfide) groups is 1. The lowest BCUT2D eigenvalue weighted by atomic mass is 10.0. The predicted octanol–water partition coefficient (Wildman–Crippen LogP) is 2.05.